The van der Waals surface area contributed by atoms with Crippen LogP contribution in [0.4, 0.5) is 5.82 Å². The Morgan fingerprint density at radius 1 is 1.35 bits per heavy atom. The minimum Gasteiger partial charge on any atom is -0.461 e. The molecule has 162 valence electrons. The molecule has 3 aromatic heterocycles. The van der Waals surface area contributed by atoms with E-state index in [2.05, 4.69) is 26.2 Å². The molecule has 4 rings (SSSR count). The van der Waals surface area contributed by atoms with E-state index in [1.807, 2.05) is 13.8 Å². The molecule has 0 spiro atoms. The first-order chi connectivity index (χ1) is 15.0. The van der Waals surface area contributed by atoms with Crippen LogP contribution >= 0.6 is 11.8 Å². The Labute approximate surface area is 184 Å². The van der Waals surface area contributed by atoms with Crippen LogP contribution in [-0.2, 0) is 4.79 Å². The molecule has 0 saturated heterocycles. The molecule has 10 heteroatoms. The number of hydrogen-bond donors (Lipinski definition) is 2. The summed E-state index contributed by atoms with van der Waals surface area (Å²) >= 11 is 1.18. The summed E-state index contributed by atoms with van der Waals surface area (Å²) < 4.78 is 8.75. The maximum Gasteiger partial charge on any atom is 0.235 e. The van der Waals surface area contributed by atoms with Crippen LogP contribution in [0.3, 0.4) is 0 Å². The molecule has 0 radical (unpaired) electrons. The first kappa shape index (κ1) is 21.1. The van der Waals surface area contributed by atoms with Crippen molar-refractivity contribution in [3.05, 3.63) is 35.2 Å². The number of anilines is 1. The van der Waals surface area contributed by atoms with Gasteiger partial charge in [-0.2, -0.15) is 5.26 Å². The monoisotopic (exact) mass is 439 g/mol. The van der Waals surface area contributed by atoms with E-state index in [-0.39, 0.29) is 11.7 Å². The van der Waals surface area contributed by atoms with E-state index in [1.54, 1.807) is 12.1 Å². The van der Waals surface area contributed by atoms with Crippen molar-refractivity contribution in [3.8, 4) is 17.7 Å². The van der Waals surface area contributed by atoms with Gasteiger partial charge in [0.25, 0.3) is 0 Å². The highest BCUT2D eigenvalue weighted by atomic mass is 32.2. The topological polar surface area (TPSA) is 128 Å². The molecule has 1 fully saturated rings. The summed E-state index contributed by atoms with van der Waals surface area (Å²) in [6.07, 6.45) is 7.21. The van der Waals surface area contributed by atoms with E-state index in [9.17, 15) is 10.1 Å². The lowest BCUT2D eigenvalue weighted by atomic mass is 9.95. The van der Waals surface area contributed by atoms with E-state index in [0.717, 1.165) is 36.9 Å². The van der Waals surface area contributed by atoms with Crippen LogP contribution in [0.5, 0.6) is 0 Å². The number of carbonyl (C=O) groups excluding carboxylic acids is 1. The van der Waals surface area contributed by atoms with Gasteiger partial charge in [-0.15, -0.1) is 10.2 Å². The minimum atomic E-state index is -0.224. The third kappa shape index (κ3) is 4.05. The number of carbonyl (C=O) groups is 1. The van der Waals surface area contributed by atoms with E-state index in [4.69, 9.17) is 10.3 Å². The molecule has 1 aliphatic carbocycles. The molecule has 0 atom stereocenters. The predicted molar refractivity (Wildman–Crippen MR) is 118 cm³/mol. The molecule has 0 unspecified atom stereocenters. The lowest BCUT2D eigenvalue weighted by Crippen LogP contribution is -2.22. The highest BCUT2D eigenvalue weighted by molar-refractivity contribution is 7.99. The molecular formula is C21H25N7O2S. The molecular weight excluding hydrogens is 414 g/mol. The highest BCUT2D eigenvalue weighted by Crippen LogP contribution is 2.37. The number of nitriles is 1. The molecule has 9 nitrogen and oxygen atoms in total. The third-order valence-corrected chi connectivity index (χ3v) is 6.75. The second-order valence-corrected chi connectivity index (χ2v) is 8.64. The standard InChI is InChI=1S/C21H25N7O2S/c1-13-14(2)27(15-7-4-3-5-8-15)19(16(13)11-22)24-18(29)12-31-21-26-25-20(28(21)23)17-9-6-10-30-17/h6,9-10,15H,3-5,7-8,12,23H2,1-2H3,(H,24,29). The molecule has 0 aliphatic heterocycles. The van der Waals surface area contributed by atoms with Crippen molar-refractivity contribution in [1.82, 2.24) is 19.4 Å². The lowest BCUT2D eigenvalue weighted by molar-refractivity contribution is -0.113. The summed E-state index contributed by atoms with van der Waals surface area (Å²) in [6.45, 7) is 3.95. The number of nitrogens with zero attached hydrogens (tertiary/aromatic N) is 5. The number of aromatic nitrogens is 4. The van der Waals surface area contributed by atoms with Crippen molar-refractivity contribution in [1.29, 1.82) is 5.26 Å². The molecule has 0 bridgehead atoms. The Morgan fingerprint density at radius 2 is 2.13 bits per heavy atom. The normalized spacial score (nSPS) is 14.5. The SMILES string of the molecule is Cc1c(C#N)c(NC(=O)CSc2nnc(-c3ccco3)n2N)n(C2CCCCC2)c1C. The number of hydrogen-bond acceptors (Lipinski definition) is 7. The van der Waals surface area contributed by atoms with Crippen LogP contribution in [0.2, 0.25) is 0 Å². The van der Waals surface area contributed by atoms with Gasteiger partial charge in [0.1, 0.15) is 11.9 Å². The first-order valence-corrected chi connectivity index (χ1v) is 11.3. The van der Waals surface area contributed by atoms with Crippen molar-refractivity contribution in [2.24, 2.45) is 0 Å². The molecule has 31 heavy (non-hydrogen) atoms. The molecule has 1 aliphatic rings. The molecule has 3 N–H and O–H groups in total. The number of amides is 1. The summed E-state index contributed by atoms with van der Waals surface area (Å²) in [5.74, 6) is 7.41. The van der Waals surface area contributed by atoms with Gasteiger partial charge < -0.3 is 20.1 Å². The van der Waals surface area contributed by atoms with Gasteiger partial charge in [0.05, 0.1) is 17.6 Å². The van der Waals surface area contributed by atoms with E-state index >= 15 is 0 Å². The number of nitrogen functional groups attached to an aromatic ring is 1. The van der Waals surface area contributed by atoms with Crippen LogP contribution in [0.15, 0.2) is 28.0 Å². The number of nitrogens with two attached hydrogens (primary N) is 1. The summed E-state index contributed by atoms with van der Waals surface area (Å²) in [5, 5.41) is 21.2. The van der Waals surface area contributed by atoms with Gasteiger partial charge in [-0.1, -0.05) is 31.0 Å². The van der Waals surface area contributed by atoms with Gasteiger partial charge in [0.15, 0.2) is 5.76 Å². The average Bonchev–Trinajstić information content (AvgIpc) is 3.47. The lowest BCUT2D eigenvalue weighted by Gasteiger charge is -2.27. The Morgan fingerprint density at radius 3 is 2.81 bits per heavy atom. The third-order valence-electron chi connectivity index (χ3n) is 5.80. The zero-order valence-corrected chi connectivity index (χ0v) is 18.4. The predicted octanol–water partition coefficient (Wildman–Crippen LogP) is 3.78. The summed E-state index contributed by atoms with van der Waals surface area (Å²) in [5.41, 5.74) is 2.49. The number of nitrogens with one attached hydrogen (secondary N) is 1. The van der Waals surface area contributed by atoms with Crippen molar-refractivity contribution >= 4 is 23.5 Å². The first-order valence-electron chi connectivity index (χ1n) is 10.3. The summed E-state index contributed by atoms with van der Waals surface area (Å²) in [4.78, 5) is 12.8. The maximum atomic E-state index is 12.8. The van der Waals surface area contributed by atoms with E-state index in [0.29, 0.717) is 34.2 Å². The van der Waals surface area contributed by atoms with Crippen molar-refractivity contribution in [2.75, 3.05) is 16.9 Å². The van der Waals surface area contributed by atoms with Crippen LogP contribution < -0.4 is 11.2 Å². The van der Waals surface area contributed by atoms with Gasteiger partial charge in [-0.3, -0.25) is 4.79 Å². The average molecular weight is 440 g/mol. The van der Waals surface area contributed by atoms with Gasteiger partial charge in [-0.25, -0.2) is 4.68 Å². The summed E-state index contributed by atoms with van der Waals surface area (Å²) in [6, 6.07) is 6.05. The Bertz CT molecular complexity index is 1120. The fourth-order valence-electron chi connectivity index (χ4n) is 4.13. The molecule has 1 amide bonds. The number of rotatable bonds is 6. The zero-order valence-electron chi connectivity index (χ0n) is 17.6. The van der Waals surface area contributed by atoms with Crippen molar-refractivity contribution in [2.45, 2.75) is 57.1 Å². The number of thioether (sulfide) groups is 1. The largest absolute Gasteiger partial charge is 0.461 e. The number of furan rings is 1. The van der Waals surface area contributed by atoms with E-state index in [1.165, 1.54) is 29.1 Å². The van der Waals surface area contributed by atoms with Gasteiger partial charge in [0.2, 0.25) is 16.9 Å². The van der Waals surface area contributed by atoms with Crippen LogP contribution in [0.25, 0.3) is 11.6 Å². The van der Waals surface area contributed by atoms with Gasteiger partial charge >= 0.3 is 0 Å². The van der Waals surface area contributed by atoms with Crippen LogP contribution in [0.1, 0.15) is 55.0 Å². The minimum absolute atomic E-state index is 0.0896. The van der Waals surface area contributed by atoms with Crippen molar-refractivity contribution < 1.29 is 9.21 Å². The van der Waals surface area contributed by atoms with E-state index < -0.39 is 0 Å². The van der Waals surface area contributed by atoms with Gasteiger partial charge in [0, 0.05) is 11.7 Å². The fourth-order valence-corrected chi connectivity index (χ4v) is 4.79. The molecule has 1 saturated carbocycles. The maximum absolute atomic E-state index is 12.8. The van der Waals surface area contributed by atoms with Crippen LogP contribution in [-0.4, -0.2) is 31.1 Å². The van der Waals surface area contributed by atoms with Gasteiger partial charge in [-0.05, 0) is 44.4 Å². The molecule has 0 aromatic carbocycles. The van der Waals surface area contributed by atoms with Crippen LogP contribution in [0, 0.1) is 25.2 Å². The van der Waals surface area contributed by atoms with Crippen molar-refractivity contribution in [3.63, 3.8) is 0 Å². The fraction of sp³-hybridized carbons (Fsp3) is 0.429. The molecule has 3 heterocycles. The summed E-state index contributed by atoms with van der Waals surface area (Å²) in [7, 11) is 0. The molecule has 3 aromatic rings. The quantitative estimate of drug-likeness (QED) is 0.442. The Balaban J connectivity index is 1.50. The zero-order chi connectivity index (χ0) is 22.0. The second kappa shape index (κ2) is 8.89. The smallest absolute Gasteiger partial charge is 0.235 e. The Kier molecular flexibility index (Phi) is 6.04. The second-order valence-electron chi connectivity index (χ2n) is 7.70. The highest BCUT2D eigenvalue weighted by Gasteiger charge is 2.26. The Hall–Kier alpha value is -3.19.